The second kappa shape index (κ2) is 6.48. The van der Waals surface area contributed by atoms with Crippen LogP contribution >= 0.6 is 0 Å². The molecule has 16 heavy (non-hydrogen) atoms. The fourth-order valence-corrected chi connectivity index (χ4v) is 1.53. The van der Waals surface area contributed by atoms with Gasteiger partial charge in [0, 0.05) is 12.6 Å². The van der Waals surface area contributed by atoms with Gasteiger partial charge in [0.15, 0.2) is 0 Å². The Hall–Kier alpha value is -1.10. The summed E-state index contributed by atoms with van der Waals surface area (Å²) in [5.74, 6) is -1.13. The van der Waals surface area contributed by atoms with E-state index in [1.165, 1.54) is 0 Å². The SMILES string of the molecule is CCCCN(C(=O)COCC(=O)O)C1CC1. The number of nitrogens with zero attached hydrogens (tertiary/aromatic N) is 1. The molecule has 0 aromatic rings. The van der Waals surface area contributed by atoms with Crippen LogP contribution < -0.4 is 0 Å². The fraction of sp³-hybridized carbons (Fsp3) is 0.818. The maximum absolute atomic E-state index is 11.7. The Bertz CT molecular complexity index is 250. The zero-order chi connectivity index (χ0) is 12.0. The minimum absolute atomic E-state index is 0.0859. The van der Waals surface area contributed by atoms with Crippen LogP contribution in [-0.2, 0) is 14.3 Å². The lowest BCUT2D eigenvalue weighted by molar-refractivity contribution is -0.146. The van der Waals surface area contributed by atoms with Gasteiger partial charge in [-0.3, -0.25) is 4.79 Å². The summed E-state index contributed by atoms with van der Waals surface area (Å²) in [6, 6.07) is 0.368. The van der Waals surface area contributed by atoms with E-state index in [9.17, 15) is 9.59 Å². The van der Waals surface area contributed by atoms with Crippen molar-refractivity contribution in [3.05, 3.63) is 0 Å². The van der Waals surface area contributed by atoms with Crippen molar-refractivity contribution in [3.63, 3.8) is 0 Å². The molecule has 0 heterocycles. The number of hydrogen-bond acceptors (Lipinski definition) is 3. The molecule has 5 nitrogen and oxygen atoms in total. The Morgan fingerprint density at radius 1 is 1.38 bits per heavy atom. The highest BCUT2D eigenvalue weighted by molar-refractivity contribution is 5.78. The standard InChI is InChI=1S/C11H19NO4/c1-2-3-6-12(9-4-5-9)10(13)7-16-8-11(14)15/h9H,2-8H2,1H3,(H,14,15). The third kappa shape index (κ3) is 4.61. The summed E-state index contributed by atoms with van der Waals surface area (Å²) in [6.07, 6.45) is 4.16. The molecule has 0 radical (unpaired) electrons. The largest absolute Gasteiger partial charge is 0.480 e. The van der Waals surface area contributed by atoms with Crippen LogP contribution in [0.5, 0.6) is 0 Å². The van der Waals surface area contributed by atoms with Crippen LogP contribution in [0.3, 0.4) is 0 Å². The molecule has 1 saturated carbocycles. The van der Waals surface area contributed by atoms with E-state index in [2.05, 4.69) is 6.92 Å². The second-order valence-corrected chi connectivity index (χ2v) is 4.06. The van der Waals surface area contributed by atoms with E-state index in [0.717, 1.165) is 32.2 Å². The van der Waals surface area contributed by atoms with Crippen LogP contribution in [0.4, 0.5) is 0 Å². The molecule has 0 aliphatic heterocycles. The summed E-state index contributed by atoms with van der Waals surface area (Å²) < 4.78 is 4.80. The van der Waals surface area contributed by atoms with Gasteiger partial charge in [-0.15, -0.1) is 0 Å². The average Bonchev–Trinajstić information content (AvgIpc) is 3.02. The lowest BCUT2D eigenvalue weighted by atomic mass is 10.3. The van der Waals surface area contributed by atoms with Crippen molar-refractivity contribution in [2.45, 2.75) is 38.6 Å². The normalized spacial score (nSPS) is 14.8. The van der Waals surface area contributed by atoms with E-state index in [0.29, 0.717) is 6.04 Å². The smallest absolute Gasteiger partial charge is 0.329 e. The predicted octanol–water partition coefficient (Wildman–Crippen LogP) is 0.879. The molecule has 5 heteroatoms. The molecule has 1 aliphatic carbocycles. The Labute approximate surface area is 95.4 Å². The lowest BCUT2D eigenvalue weighted by Crippen LogP contribution is -2.37. The summed E-state index contributed by atoms with van der Waals surface area (Å²) in [7, 11) is 0. The first-order valence-corrected chi connectivity index (χ1v) is 5.74. The molecule has 0 aromatic heterocycles. The maximum atomic E-state index is 11.7. The number of carbonyl (C=O) groups is 2. The van der Waals surface area contributed by atoms with Crippen molar-refractivity contribution < 1.29 is 19.4 Å². The van der Waals surface area contributed by atoms with Gasteiger partial charge in [-0.2, -0.15) is 0 Å². The third-order valence-electron chi connectivity index (χ3n) is 2.51. The topological polar surface area (TPSA) is 66.8 Å². The molecule has 1 aliphatic rings. The van der Waals surface area contributed by atoms with Crippen molar-refractivity contribution in [3.8, 4) is 0 Å². The highest BCUT2D eigenvalue weighted by Gasteiger charge is 2.31. The van der Waals surface area contributed by atoms with E-state index < -0.39 is 12.6 Å². The van der Waals surface area contributed by atoms with Crippen LogP contribution in [0.15, 0.2) is 0 Å². The lowest BCUT2D eigenvalue weighted by Gasteiger charge is -2.21. The van der Waals surface area contributed by atoms with Crippen molar-refractivity contribution in [2.24, 2.45) is 0 Å². The first kappa shape index (κ1) is 13.0. The number of carboxylic acid groups (broad SMARTS) is 1. The summed E-state index contributed by atoms with van der Waals surface area (Å²) >= 11 is 0. The minimum Gasteiger partial charge on any atom is -0.480 e. The molecule has 1 amide bonds. The summed E-state index contributed by atoms with van der Waals surface area (Å²) in [5, 5.41) is 8.38. The van der Waals surface area contributed by atoms with Gasteiger partial charge in [0.05, 0.1) is 0 Å². The molecule has 0 atom stereocenters. The number of unbranched alkanes of at least 4 members (excludes halogenated alkanes) is 1. The summed E-state index contributed by atoms with van der Waals surface area (Å²) in [5.41, 5.74) is 0. The molecule has 92 valence electrons. The maximum Gasteiger partial charge on any atom is 0.329 e. The van der Waals surface area contributed by atoms with Crippen LogP contribution in [0.25, 0.3) is 0 Å². The highest BCUT2D eigenvalue weighted by Crippen LogP contribution is 2.27. The average molecular weight is 229 g/mol. The van der Waals surface area contributed by atoms with Crippen LogP contribution in [0, 0.1) is 0 Å². The monoisotopic (exact) mass is 229 g/mol. The summed E-state index contributed by atoms with van der Waals surface area (Å²) in [4.78, 5) is 23.8. The van der Waals surface area contributed by atoms with Gasteiger partial charge in [0.25, 0.3) is 0 Å². The van der Waals surface area contributed by atoms with Crippen molar-refractivity contribution >= 4 is 11.9 Å². The molecule has 1 fully saturated rings. The molecule has 0 saturated heterocycles. The number of carboxylic acids is 1. The van der Waals surface area contributed by atoms with Crippen molar-refractivity contribution in [1.82, 2.24) is 4.90 Å². The highest BCUT2D eigenvalue weighted by atomic mass is 16.5. The van der Waals surface area contributed by atoms with Gasteiger partial charge in [0.2, 0.25) is 5.91 Å². The van der Waals surface area contributed by atoms with E-state index in [-0.39, 0.29) is 12.5 Å². The van der Waals surface area contributed by atoms with E-state index in [1.807, 2.05) is 4.90 Å². The number of rotatable bonds is 8. The zero-order valence-corrected chi connectivity index (χ0v) is 9.65. The molecule has 0 spiro atoms. The van der Waals surface area contributed by atoms with E-state index >= 15 is 0 Å². The van der Waals surface area contributed by atoms with Gasteiger partial charge in [-0.05, 0) is 19.3 Å². The molecule has 0 bridgehead atoms. The molecule has 0 unspecified atom stereocenters. The van der Waals surface area contributed by atoms with Crippen LogP contribution in [0.2, 0.25) is 0 Å². The first-order chi connectivity index (χ1) is 7.65. The Morgan fingerprint density at radius 2 is 2.06 bits per heavy atom. The molecular weight excluding hydrogens is 210 g/mol. The number of carbonyl (C=O) groups excluding carboxylic acids is 1. The Kier molecular flexibility index (Phi) is 5.25. The zero-order valence-electron chi connectivity index (χ0n) is 9.65. The first-order valence-electron chi connectivity index (χ1n) is 5.74. The Morgan fingerprint density at radius 3 is 2.56 bits per heavy atom. The van der Waals surface area contributed by atoms with Crippen LogP contribution in [0.1, 0.15) is 32.6 Å². The number of amides is 1. The molecule has 0 aromatic carbocycles. The molecule has 1 N–H and O–H groups in total. The molecular formula is C11H19NO4. The van der Waals surface area contributed by atoms with E-state index in [1.54, 1.807) is 0 Å². The van der Waals surface area contributed by atoms with E-state index in [4.69, 9.17) is 9.84 Å². The van der Waals surface area contributed by atoms with Gasteiger partial charge in [-0.25, -0.2) is 4.79 Å². The fourth-order valence-electron chi connectivity index (χ4n) is 1.53. The minimum atomic E-state index is -1.04. The van der Waals surface area contributed by atoms with Crippen LogP contribution in [-0.4, -0.2) is 47.7 Å². The summed E-state index contributed by atoms with van der Waals surface area (Å²) in [6.45, 7) is 2.32. The molecule has 1 rings (SSSR count). The number of aliphatic carboxylic acids is 1. The van der Waals surface area contributed by atoms with Gasteiger partial charge >= 0.3 is 5.97 Å². The Balaban J connectivity index is 2.26. The van der Waals surface area contributed by atoms with Gasteiger partial charge in [-0.1, -0.05) is 13.3 Å². The van der Waals surface area contributed by atoms with Crippen molar-refractivity contribution in [1.29, 1.82) is 0 Å². The van der Waals surface area contributed by atoms with Crippen molar-refractivity contribution in [2.75, 3.05) is 19.8 Å². The van der Waals surface area contributed by atoms with Gasteiger partial charge in [0.1, 0.15) is 13.2 Å². The predicted molar refractivity (Wildman–Crippen MR) is 58.1 cm³/mol. The third-order valence-corrected chi connectivity index (χ3v) is 2.51. The quantitative estimate of drug-likeness (QED) is 0.671. The second-order valence-electron chi connectivity index (χ2n) is 4.06. The number of hydrogen-bond donors (Lipinski definition) is 1. The number of ether oxygens (including phenoxy) is 1. The van der Waals surface area contributed by atoms with Gasteiger partial charge < -0.3 is 14.7 Å².